The van der Waals surface area contributed by atoms with E-state index in [1.165, 1.54) is 63.3 Å². The van der Waals surface area contributed by atoms with E-state index in [9.17, 15) is 9.59 Å². The summed E-state index contributed by atoms with van der Waals surface area (Å²) in [6.45, 7) is 6.48. The van der Waals surface area contributed by atoms with Crippen molar-refractivity contribution in [3.8, 4) is 0 Å². The summed E-state index contributed by atoms with van der Waals surface area (Å²) < 4.78 is 0. The molecule has 3 aliphatic rings. The first-order chi connectivity index (χ1) is 16.7. The Kier molecular flexibility index (Phi) is 6.18. The monoisotopic (exact) mass is 474 g/mol. The molecule has 0 bridgehead atoms. The maximum absolute atomic E-state index is 13.3. The van der Waals surface area contributed by atoms with Crippen LogP contribution in [0.15, 0.2) is 30.6 Å². The van der Waals surface area contributed by atoms with Crippen molar-refractivity contribution in [2.75, 3.05) is 17.2 Å². The molecule has 6 heteroatoms. The summed E-state index contributed by atoms with van der Waals surface area (Å²) in [5.41, 5.74) is 9.73. The van der Waals surface area contributed by atoms with Crippen molar-refractivity contribution in [2.24, 2.45) is 11.3 Å². The molecule has 0 atom stereocenters. The van der Waals surface area contributed by atoms with Crippen LogP contribution in [0.1, 0.15) is 106 Å². The van der Waals surface area contributed by atoms with E-state index in [4.69, 9.17) is 5.73 Å². The maximum Gasteiger partial charge on any atom is 0.263 e. The number of carbonyl (C=O) groups is 2. The SMILES string of the molecule is CC(=O)CC1CCC2(CC1)CCC(c1ccc(N3CC(C)(C)c4ncnc(N)c4C3=O)cc1)CC2. The van der Waals surface area contributed by atoms with Gasteiger partial charge in [-0.05, 0) is 93.2 Å². The maximum atomic E-state index is 13.3. The number of hydrogen-bond acceptors (Lipinski definition) is 5. The summed E-state index contributed by atoms with van der Waals surface area (Å²) in [6, 6.07) is 8.60. The topological polar surface area (TPSA) is 89.2 Å². The van der Waals surface area contributed by atoms with Gasteiger partial charge in [0.1, 0.15) is 23.5 Å². The van der Waals surface area contributed by atoms with Crippen LogP contribution < -0.4 is 10.6 Å². The Labute approximate surface area is 208 Å². The number of ketones is 1. The summed E-state index contributed by atoms with van der Waals surface area (Å²) in [6.07, 6.45) is 12.3. The molecule has 1 aliphatic heterocycles. The molecule has 1 aromatic heterocycles. The third-order valence-corrected chi connectivity index (χ3v) is 8.99. The quantitative estimate of drug-likeness (QED) is 0.604. The van der Waals surface area contributed by atoms with E-state index in [1.54, 1.807) is 6.92 Å². The molecular formula is C29H38N4O2. The number of rotatable bonds is 4. The lowest BCUT2D eigenvalue weighted by atomic mass is 9.60. The number of nitrogens with two attached hydrogens (primary N) is 1. The van der Waals surface area contributed by atoms with Gasteiger partial charge in [-0.2, -0.15) is 0 Å². The predicted molar refractivity (Wildman–Crippen MR) is 138 cm³/mol. The molecule has 5 rings (SSSR count). The number of Topliss-reactive ketones (excluding diaryl/α,β-unsaturated/α-hetero) is 1. The van der Waals surface area contributed by atoms with Crippen LogP contribution in [0.4, 0.5) is 11.5 Å². The Bertz CT molecular complexity index is 1110. The van der Waals surface area contributed by atoms with Gasteiger partial charge in [0.15, 0.2) is 0 Å². The fourth-order valence-corrected chi connectivity index (χ4v) is 6.90. The summed E-state index contributed by atoms with van der Waals surface area (Å²) in [7, 11) is 0. The van der Waals surface area contributed by atoms with Crippen molar-refractivity contribution >= 4 is 23.2 Å². The lowest BCUT2D eigenvalue weighted by molar-refractivity contribution is -0.118. The molecule has 0 radical (unpaired) electrons. The third kappa shape index (κ3) is 4.60. The second-order valence-electron chi connectivity index (χ2n) is 12.0. The summed E-state index contributed by atoms with van der Waals surface area (Å²) in [5.74, 6) is 1.67. The first-order valence-electron chi connectivity index (χ1n) is 13.2. The summed E-state index contributed by atoms with van der Waals surface area (Å²) in [4.78, 5) is 35.1. The average Bonchev–Trinajstić information content (AvgIpc) is 2.83. The van der Waals surface area contributed by atoms with E-state index < -0.39 is 0 Å². The molecule has 0 unspecified atom stereocenters. The van der Waals surface area contributed by atoms with Crippen LogP contribution in [-0.2, 0) is 10.2 Å². The van der Waals surface area contributed by atoms with Gasteiger partial charge in [0, 0.05) is 24.1 Å². The normalized spacial score (nSPS) is 28.1. The van der Waals surface area contributed by atoms with Gasteiger partial charge in [-0.25, -0.2) is 9.97 Å². The number of amides is 1. The minimum Gasteiger partial charge on any atom is -0.383 e. The van der Waals surface area contributed by atoms with Gasteiger partial charge in [-0.1, -0.05) is 26.0 Å². The standard InChI is InChI=1S/C29H38N4O2/c1-19(34)16-20-8-12-29(13-9-20)14-10-22(11-15-29)21-4-6-23(7-5-21)33-17-28(2,3)25-24(27(33)35)26(30)32-18-31-25/h4-7,18,20,22H,8-17H2,1-3H3,(H2,30,31,32). The van der Waals surface area contributed by atoms with Crippen LogP contribution >= 0.6 is 0 Å². The second kappa shape index (κ2) is 9.03. The van der Waals surface area contributed by atoms with E-state index in [0.717, 1.165) is 17.8 Å². The predicted octanol–water partition coefficient (Wildman–Crippen LogP) is 5.81. The zero-order valence-corrected chi connectivity index (χ0v) is 21.3. The zero-order chi connectivity index (χ0) is 24.8. The molecule has 1 aromatic carbocycles. The highest BCUT2D eigenvalue weighted by atomic mass is 16.2. The van der Waals surface area contributed by atoms with E-state index in [-0.39, 0.29) is 17.1 Å². The highest BCUT2D eigenvalue weighted by molar-refractivity contribution is 6.11. The van der Waals surface area contributed by atoms with E-state index in [0.29, 0.717) is 35.1 Å². The minimum absolute atomic E-state index is 0.120. The van der Waals surface area contributed by atoms with Crippen LogP contribution in [-0.4, -0.2) is 28.2 Å². The number of aromatic nitrogens is 2. The van der Waals surface area contributed by atoms with Crippen LogP contribution in [0.3, 0.4) is 0 Å². The van der Waals surface area contributed by atoms with Crippen molar-refractivity contribution in [2.45, 2.75) is 89.9 Å². The Hall–Kier alpha value is -2.76. The zero-order valence-electron chi connectivity index (χ0n) is 21.3. The molecule has 2 fully saturated rings. The summed E-state index contributed by atoms with van der Waals surface area (Å²) >= 11 is 0. The fourth-order valence-electron chi connectivity index (χ4n) is 6.90. The Morgan fingerprint density at radius 1 is 1.03 bits per heavy atom. The van der Waals surface area contributed by atoms with E-state index in [2.05, 4.69) is 48.1 Å². The molecule has 0 saturated heterocycles. The lowest BCUT2D eigenvalue weighted by Crippen LogP contribution is -2.48. The first kappa shape index (κ1) is 24.0. The van der Waals surface area contributed by atoms with Gasteiger partial charge in [0.25, 0.3) is 5.91 Å². The van der Waals surface area contributed by atoms with Crippen LogP contribution in [0, 0.1) is 11.3 Å². The molecular weight excluding hydrogens is 436 g/mol. The van der Waals surface area contributed by atoms with Gasteiger partial charge < -0.3 is 15.4 Å². The lowest BCUT2D eigenvalue weighted by Gasteiger charge is -2.45. The van der Waals surface area contributed by atoms with Gasteiger partial charge in [0.05, 0.1) is 5.69 Å². The molecule has 2 N–H and O–H groups in total. The minimum atomic E-state index is -0.305. The number of nitrogen functional groups attached to an aromatic ring is 1. The molecule has 2 heterocycles. The molecule has 6 nitrogen and oxygen atoms in total. The Morgan fingerprint density at radius 3 is 2.29 bits per heavy atom. The molecule has 2 aliphatic carbocycles. The average molecular weight is 475 g/mol. The van der Waals surface area contributed by atoms with Crippen molar-refractivity contribution in [3.05, 3.63) is 47.4 Å². The first-order valence-corrected chi connectivity index (χ1v) is 13.2. The largest absolute Gasteiger partial charge is 0.383 e. The fraction of sp³-hybridized carbons (Fsp3) is 0.586. The molecule has 35 heavy (non-hydrogen) atoms. The number of hydrogen-bond donors (Lipinski definition) is 1. The molecule has 1 amide bonds. The number of benzene rings is 1. The third-order valence-electron chi connectivity index (χ3n) is 8.99. The van der Waals surface area contributed by atoms with E-state index >= 15 is 0 Å². The Balaban J connectivity index is 1.25. The number of carbonyl (C=O) groups excluding carboxylic acids is 2. The molecule has 186 valence electrons. The van der Waals surface area contributed by atoms with Crippen molar-refractivity contribution in [1.29, 1.82) is 0 Å². The van der Waals surface area contributed by atoms with Gasteiger partial charge in [-0.3, -0.25) is 4.79 Å². The smallest absolute Gasteiger partial charge is 0.263 e. The highest BCUT2D eigenvalue weighted by Gasteiger charge is 2.41. The number of fused-ring (bicyclic) bond motifs is 1. The number of nitrogens with zero attached hydrogens (tertiary/aromatic N) is 3. The van der Waals surface area contributed by atoms with E-state index in [1.807, 2.05) is 4.90 Å². The number of anilines is 2. The highest BCUT2D eigenvalue weighted by Crippen LogP contribution is 2.52. The van der Waals surface area contributed by atoms with Crippen molar-refractivity contribution in [1.82, 2.24) is 9.97 Å². The second-order valence-corrected chi connectivity index (χ2v) is 12.0. The molecule has 2 saturated carbocycles. The van der Waals surface area contributed by atoms with Gasteiger partial charge in [-0.15, -0.1) is 0 Å². The van der Waals surface area contributed by atoms with Gasteiger partial charge in [0.2, 0.25) is 0 Å². The van der Waals surface area contributed by atoms with Gasteiger partial charge >= 0.3 is 0 Å². The van der Waals surface area contributed by atoms with Crippen LogP contribution in [0.2, 0.25) is 0 Å². The van der Waals surface area contributed by atoms with Crippen LogP contribution in [0.25, 0.3) is 0 Å². The molecule has 1 spiro atoms. The van der Waals surface area contributed by atoms with Crippen LogP contribution in [0.5, 0.6) is 0 Å². The Morgan fingerprint density at radius 2 is 1.66 bits per heavy atom. The van der Waals surface area contributed by atoms with Crippen molar-refractivity contribution in [3.63, 3.8) is 0 Å². The summed E-state index contributed by atoms with van der Waals surface area (Å²) in [5, 5.41) is 0. The molecule has 2 aromatic rings. The van der Waals surface area contributed by atoms with Crippen molar-refractivity contribution < 1.29 is 9.59 Å².